The van der Waals surface area contributed by atoms with Gasteiger partial charge in [-0.25, -0.2) is 15.0 Å². The normalized spacial score (nSPS) is 10.8. The largest absolute Gasteiger partial charge is 0.480 e. The summed E-state index contributed by atoms with van der Waals surface area (Å²) in [6.07, 6.45) is 5.19. The van der Waals surface area contributed by atoms with Crippen LogP contribution in [-0.2, 0) is 0 Å². The van der Waals surface area contributed by atoms with Crippen molar-refractivity contribution in [3.63, 3.8) is 0 Å². The van der Waals surface area contributed by atoms with E-state index in [4.69, 9.17) is 9.47 Å². The SMILES string of the molecule is CCCCCNc1ncc(-c2ccc(C(C)C)nc2OC)nc1OC. The van der Waals surface area contributed by atoms with Gasteiger partial charge >= 0.3 is 0 Å². The van der Waals surface area contributed by atoms with Crippen LogP contribution in [0.15, 0.2) is 18.3 Å². The Morgan fingerprint density at radius 3 is 2.44 bits per heavy atom. The van der Waals surface area contributed by atoms with Gasteiger partial charge in [0.05, 0.1) is 31.7 Å². The second-order valence-corrected chi connectivity index (χ2v) is 6.19. The van der Waals surface area contributed by atoms with Crippen molar-refractivity contribution >= 4 is 5.82 Å². The molecule has 1 N–H and O–H groups in total. The van der Waals surface area contributed by atoms with Gasteiger partial charge in [0.1, 0.15) is 0 Å². The van der Waals surface area contributed by atoms with Gasteiger partial charge in [-0.1, -0.05) is 33.6 Å². The monoisotopic (exact) mass is 344 g/mol. The molecule has 136 valence electrons. The highest BCUT2D eigenvalue weighted by Crippen LogP contribution is 2.31. The Labute approximate surface area is 150 Å². The van der Waals surface area contributed by atoms with Gasteiger partial charge in [0.25, 0.3) is 5.88 Å². The number of ether oxygens (including phenoxy) is 2. The van der Waals surface area contributed by atoms with Crippen molar-refractivity contribution in [1.29, 1.82) is 0 Å². The number of nitrogens with one attached hydrogen (secondary N) is 1. The molecule has 0 aliphatic rings. The third kappa shape index (κ3) is 4.81. The Kier molecular flexibility index (Phi) is 6.98. The number of rotatable bonds is 9. The highest BCUT2D eigenvalue weighted by molar-refractivity contribution is 5.66. The van der Waals surface area contributed by atoms with Crippen molar-refractivity contribution in [3.8, 4) is 23.0 Å². The summed E-state index contributed by atoms with van der Waals surface area (Å²) < 4.78 is 10.9. The maximum absolute atomic E-state index is 5.45. The summed E-state index contributed by atoms with van der Waals surface area (Å²) >= 11 is 0. The topological polar surface area (TPSA) is 69.2 Å². The second-order valence-electron chi connectivity index (χ2n) is 6.19. The average molecular weight is 344 g/mol. The molecule has 2 heterocycles. The summed E-state index contributed by atoms with van der Waals surface area (Å²) in [5.41, 5.74) is 2.46. The molecule has 0 radical (unpaired) electrons. The van der Waals surface area contributed by atoms with Gasteiger partial charge in [0, 0.05) is 12.2 Å². The van der Waals surface area contributed by atoms with Gasteiger partial charge in [-0.3, -0.25) is 0 Å². The van der Waals surface area contributed by atoms with Crippen molar-refractivity contribution in [1.82, 2.24) is 15.0 Å². The van der Waals surface area contributed by atoms with E-state index in [0.29, 0.717) is 29.2 Å². The molecule has 0 atom stereocenters. The zero-order chi connectivity index (χ0) is 18.2. The fraction of sp³-hybridized carbons (Fsp3) is 0.526. The summed E-state index contributed by atoms with van der Waals surface area (Å²) in [7, 11) is 3.21. The molecule has 0 saturated heterocycles. The van der Waals surface area contributed by atoms with E-state index in [1.807, 2.05) is 12.1 Å². The van der Waals surface area contributed by atoms with Gasteiger partial charge in [-0.15, -0.1) is 0 Å². The summed E-state index contributed by atoms with van der Waals surface area (Å²) in [5.74, 6) is 2.02. The summed E-state index contributed by atoms with van der Waals surface area (Å²) in [6, 6.07) is 3.96. The number of hydrogen-bond acceptors (Lipinski definition) is 6. The smallest absolute Gasteiger partial charge is 0.257 e. The molecule has 6 nitrogen and oxygen atoms in total. The van der Waals surface area contributed by atoms with E-state index in [1.54, 1.807) is 20.4 Å². The molecule has 2 aromatic heterocycles. The van der Waals surface area contributed by atoms with Crippen LogP contribution in [0.4, 0.5) is 5.82 Å². The third-order valence-corrected chi connectivity index (χ3v) is 3.95. The van der Waals surface area contributed by atoms with Crippen LogP contribution in [-0.4, -0.2) is 35.7 Å². The first-order valence-electron chi connectivity index (χ1n) is 8.80. The second kappa shape index (κ2) is 9.20. The van der Waals surface area contributed by atoms with Crippen molar-refractivity contribution in [2.45, 2.75) is 46.0 Å². The van der Waals surface area contributed by atoms with Gasteiger partial charge in [-0.05, 0) is 24.5 Å². The molecular weight excluding hydrogens is 316 g/mol. The number of nitrogens with zero attached hydrogens (tertiary/aromatic N) is 3. The van der Waals surface area contributed by atoms with Crippen LogP contribution in [0.2, 0.25) is 0 Å². The van der Waals surface area contributed by atoms with E-state index < -0.39 is 0 Å². The van der Waals surface area contributed by atoms with E-state index in [9.17, 15) is 0 Å². The molecule has 25 heavy (non-hydrogen) atoms. The van der Waals surface area contributed by atoms with Crippen LogP contribution < -0.4 is 14.8 Å². The Bertz CT molecular complexity index is 689. The number of methoxy groups -OCH3 is 2. The molecular formula is C19H28N4O2. The van der Waals surface area contributed by atoms with Crippen molar-refractivity contribution in [2.24, 2.45) is 0 Å². The van der Waals surface area contributed by atoms with Crippen molar-refractivity contribution in [2.75, 3.05) is 26.1 Å². The molecule has 0 aliphatic heterocycles. The lowest BCUT2D eigenvalue weighted by Gasteiger charge is -2.13. The fourth-order valence-corrected chi connectivity index (χ4v) is 2.47. The molecule has 0 saturated carbocycles. The molecule has 0 aliphatic carbocycles. The molecule has 2 aromatic rings. The maximum Gasteiger partial charge on any atom is 0.257 e. The first-order chi connectivity index (χ1) is 12.1. The standard InChI is InChI=1S/C19H28N4O2/c1-6-7-8-11-20-17-19(25-5)23-16(12-21-17)14-9-10-15(13(2)3)22-18(14)24-4/h9-10,12-13H,6-8,11H2,1-5H3,(H,20,21). The minimum atomic E-state index is 0.332. The highest BCUT2D eigenvalue weighted by atomic mass is 16.5. The van der Waals surface area contributed by atoms with E-state index in [-0.39, 0.29) is 0 Å². The molecule has 0 amide bonds. The van der Waals surface area contributed by atoms with Gasteiger partial charge in [0.15, 0.2) is 5.82 Å². The quantitative estimate of drug-likeness (QED) is 0.685. The molecule has 0 bridgehead atoms. The predicted molar refractivity (Wildman–Crippen MR) is 100 cm³/mol. The third-order valence-electron chi connectivity index (χ3n) is 3.95. The maximum atomic E-state index is 5.45. The zero-order valence-electron chi connectivity index (χ0n) is 15.8. The van der Waals surface area contributed by atoms with E-state index >= 15 is 0 Å². The van der Waals surface area contributed by atoms with Crippen molar-refractivity contribution in [3.05, 3.63) is 24.0 Å². The first-order valence-corrected chi connectivity index (χ1v) is 8.80. The molecule has 0 spiro atoms. The van der Waals surface area contributed by atoms with E-state index in [2.05, 4.69) is 41.0 Å². The lowest BCUT2D eigenvalue weighted by atomic mass is 10.1. The van der Waals surface area contributed by atoms with Gasteiger partial charge < -0.3 is 14.8 Å². The summed E-state index contributed by atoms with van der Waals surface area (Å²) in [5, 5.41) is 3.28. The minimum Gasteiger partial charge on any atom is -0.480 e. The lowest BCUT2D eigenvalue weighted by Crippen LogP contribution is -2.07. The lowest BCUT2D eigenvalue weighted by molar-refractivity contribution is 0.394. The van der Waals surface area contributed by atoms with Crippen LogP contribution in [0.5, 0.6) is 11.8 Å². The number of aromatic nitrogens is 3. The fourth-order valence-electron chi connectivity index (χ4n) is 2.47. The average Bonchev–Trinajstić information content (AvgIpc) is 2.64. The Morgan fingerprint density at radius 2 is 1.80 bits per heavy atom. The first kappa shape index (κ1) is 19.0. The van der Waals surface area contributed by atoms with Crippen LogP contribution in [0.3, 0.4) is 0 Å². The van der Waals surface area contributed by atoms with E-state index in [1.165, 1.54) is 12.8 Å². The summed E-state index contributed by atoms with van der Waals surface area (Å²) in [4.78, 5) is 13.6. The molecule has 0 aromatic carbocycles. The molecule has 6 heteroatoms. The number of anilines is 1. The molecule has 0 fully saturated rings. The Morgan fingerprint density at radius 1 is 1.04 bits per heavy atom. The van der Waals surface area contributed by atoms with Crippen LogP contribution >= 0.6 is 0 Å². The van der Waals surface area contributed by atoms with Gasteiger partial charge in [-0.2, -0.15) is 0 Å². The number of pyridine rings is 1. The molecule has 2 rings (SSSR count). The summed E-state index contributed by atoms with van der Waals surface area (Å²) in [6.45, 7) is 7.24. The predicted octanol–water partition coefficient (Wildman–Crippen LogP) is 4.28. The Balaban J connectivity index is 2.28. The zero-order valence-corrected chi connectivity index (χ0v) is 15.8. The van der Waals surface area contributed by atoms with Crippen LogP contribution in [0, 0.1) is 0 Å². The molecule has 0 unspecified atom stereocenters. The number of unbranched alkanes of at least 4 members (excludes halogenated alkanes) is 2. The number of hydrogen-bond donors (Lipinski definition) is 1. The van der Waals surface area contributed by atoms with Crippen LogP contribution in [0.25, 0.3) is 11.3 Å². The van der Waals surface area contributed by atoms with Gasteiger partial charge in [0.2, 0.25) is 5.88 Å². The van der Waals surface area contributed by atoms with Crippen LogP contribution in [0.1, 0.15) is 51.6 Å². The minimum absolute atomic E-state index is 0.332. The highest BCUT2D eigenvalue weighted by Gasteiger charge is 2.15. The van der Waals surface area contributed by atoms with Crippen molar-refractivity contribution < 1.29 is 9.47 Å². The van der Waals surface area contributed by atoms with E-state index in [0.717, 1.165) is 24.2 Å². The Hall–Kier alpha value is -2.37.